The van der Waals surface area contributed by atoms with E-state index in [-0.39, 0.29) is 17.7 Å². The molecule has 33 heavy (non-hydrogen) atoms. The summed E-state index contributed by atoms with van der Waals surface area (Å²) in [6.45, 7) is 2.72. The molecule has 0 unspecified atom stereocenters. The van der Waals surface area contributed by atoms with Gasteiger partial charge in [-0.25, -0.2) is 4.79 Å². The van der Waals surface area contributed by atoms with Crippen LogP contribution in [0.25, 0.3) is 6.08 Å². The lowest BCUT2D eigenvalue weighted by Crippen LogP contribution is -2.13. The molecule has 0 heterocycles. The van der Waals surface area contributed by atoms with E-state index >= 15 is 0 Å². The third-order valence-electron chi connectivity index (χ3n) is 4.59. The first-order chi connectivity index (χ1) is 16.0. The summed E-state index contributed by atoms with van der Waals surface area (Å²) in [4.78, 5) is 23.4. The van der Waals surface area contributed by atoms with Crippen molar-refractivity contribution in [2.75, 3.05) is 11.9 Å². The standard InChI is InChI=1S/C26H22N2O5/c1-2-32-23-13-9-22(10-14-23)28-25(29)21(16-27)15-18-5-11-24(12-6-18)33-17-19-3-7-20(8-4-19)26(30)31/h3-15H,2,17H2,1H3,(H,28,29)(H,30,31). The molecule has 0 aliphatic heterocycles. The van der Waals surface area contributed by atoms with Crippen LogP contribution < -0.4 is 14.8 Å². The maximum absolute atomic E-state index is 12.5. The van der Waals surface area contributed by atoms with Crippen molar-refractivity contribution >= 4 is 23.6 Å². The molecule has 0 radical (unpaired) electrons. The second kappa shape index (κ2) is 11.2. The summed E-state index contributed by atoms with van der Waals surface area (Å²) in [5.74, 6) is -0.180. The Balaban J connectivity index is 1.59. The first-order valence-electron chi connectivity index (χ1n) is 10.2. The van der Waals surface area contributed by atoms with Gasteiger partial charge in [-0.1, -0.05) is 24.3 Å². The Morgan fingerprint density at radius 1 is 0.939 bits per heavy atom. The van der Waals surface area contributed by atoms with Gasteiger partial charge in [0.05, 0.1) is 12.2 Å². The molecule has 1 amide bonds. The van der Waals surface area contributed by atoms with Crippen LogP contribution in [0.3, 0.4) is 0 Å². The van der Waals surface area contributed by atoms with E-state index in [1.54, 1.807) is 60.7 Å². The van der Waals surface area contributed by atoms with Crippen molar-refractivity contribution in [3.8, 4) is 17.6 Å². The highest BCUT2D eigenvalue weighted by Gasteiger charge is 2.10. The van der Waals surface area contributed by atoms with Gasteiger partial charge in [0.25, 0.3) is 5.91 Å². The molecule has 0 saturated carbocycles. The number of carboxylic acids is 1. The highest BCUT2D eigenvalue weighted by molar-refractivity contribution is 6.09. The Hall–Kier alpha value is -4.57. The maximum atomic E-state index is 12.5. The summed E-state index contributed by atoms with van der Waals surface area (Å²) in [6, 6.07) is 22.2. The van der Waals surface area contributed by atoms with E-state index in [9.17, 15) is 14.9 Å². The molecule has 0 aliphatic carbocycles. The number of carboxylic acid groups (broad SMARTS) is 1. The Labute approximate surface area is 191 Å². The van der Waals surface area contributed by atoms with Crippen molar-refractivity contribution in [3.63, 3.8) is 0 Å². The minimum atomic E-state index is -0.976. The van der Waals surface area contributed by atoms with Crippen LogP contribution in [0.5, 0.6) is 11.5 Å². The second-order valence-corrected chi connectivity index (χ2v) is 6.94. The zero-order valence-corrected chi connectivity index (χ0v) is 17.9. The second-order valence-electron chi connectivity index (χ2n) is 6.94. The fourth-order valence-corrected chi connectivity index (χ4v) is 2.89. The van der Waals surface area contributed by atoms with Gasteiger partial charge in [0, 0.05) is 5.69 Å². The summed E-state index contributed by atoms with van der Waals surface area (Å²) in [6.07, 6.45) is 1.50. The number of hydrogen-bond acceptors (Lipinski definition) is 5. The molecule has 7 heteroatoms. The highest BCUT2D eigenvalue weighted by atomic mass is 16.5. The monoisotopic (exact) mass is 442 g/mol. The van der Waals surface area contributed by atoms with Gasteiger partial charge >= 0.3 is 5.97 Å². The lowest BCUT2D eigenvalue weighted by Gasteiger charge is -2.08. The van der Waals surface area contributed by atoms with Gasteiger partial charge in [0.15, 0.2) is 0 Å². The SMILES string of the molecule is CCOc1ccc(NC(=O)C(C#N)=Cc2ccc(OCc3ccc(C(=O)O)cc3)cc2)cc1. The highest BCUT2D eigenvalue weighted by Crippen LogP contribution is 2.19. The number of aromatic carboxylic acids is 1. The number of carbonyl (C=O) groups excluding carboxylic acids is 1. The molecular formula is C26H22N2O5. The molecule has 3 aromatic rings. The number of carbonyl (C=O) groups is 2. The molecule has 0 aliphatic rings. The maximum Gasteiger partial charge on any atom is 0.335 e. The van der Waals surface area contributed by atoms with Crippen LogP contribution in [-0.2, 0) is 11.4 Å². The quantitative estimate of drug-likeness (QED) is 0.360. The summed E-state index contributed by atoms with van der Waals surface area (Å²) < 4.78 is 11.1. The normalized spacial score (nSPS) is 10.7. The number of rotatable bonds is 9. The zero-order chi connectivity index (χ0) is 23.6. The van der Waals surface area contributed by atoms with Crippen LogP contribution in [0.15, 0.2) is 78.4 Å². The largest absolute Gasteiger partial charge is 0.494 e. The summed E-state index contributed by atoms with van der Waals surface area (Å²) >= 11 is 0. The number of nitrogens with one attached hydrogen (secondary N) is 1. The van der Waals surface area contributed by atoms with Crippen molar-refractivity contribution < 1.29 is 24.2 Å². The van der Waals surface area contributed by atoms with E-state index in [0.717, 1.165) is 5.56 Å². The fourth-order valence-electron chi connectivity index (χ4n) is 2.89. The average molecular weight is 442 g/mol. The lowest BCUT2D eigenvalue weighted by molar-refractivity contribution is -0.112. The van der Waals surface area contributed by atoms with Crippen LogP contribution in [-0.4, -0.2) is 23.6 Å². The summed E-state index contributed by atoms with van der Waals surface area (Å²) in [5, 5.41) is 21.0. The van der Waals surface area contributed by atoms with Crippen molar-refractivity contribution in [1.82, 2.24) is 0 Å². The van der Waals surface area contributed by atoms with Gasteiger partial charge < -0.3 is 19.9 Å². The predicted molar refractivity (Wildman–Crippen MR) is 124 cm³/mol. The van der Waals surface area contributed by atoms with Gasteiger partial charge in [-0.3, -0.25) is 4.79 Å². The Morgan fingerprint density at radius 3 is 2.12 bits per heavy atom. The number of nitrogens with zero attached hydrogens (tertiary/aromatic N) is 1. The Kier molecular flexibility index (Phi) is 7.81. The molecule has 7 nitrogen and oxygen atoms in total. The minimum absolute atomic E-state index is 0.0314. The third-order valence-corrected chi connectivity index (χ3v) is 4.59. The van der Waals surface area contributed by atoms with Gasteiger partial charge in [-0.2, -0.15) is 5.26 Å². The first kappa shape index (κ1) is 23.1. The van der Waals surface area contributed by atoms with Crippen LogP contribution >= 0.6 is 0 Å². The molecule has 3 rings (SSSR count). The number of nitriles is 1. The van der Waals surface area contributed by atoms with Crippen LogP contribution in [0.1, 0.15) is 28.4 Å². The molecule has 0 fully saturated rings. The van der Waals surface area contributed by atoms with Gasteiger partial charge in [0.2, 0.25) is 0 Å². The fraction of sp³-hybridized carbons (Fsp3) is 0.115. The number of benzene rings is 3. The van der Waals surface area contributed by atoms with E-state index in [1.807, 2.05) is 13.0 Å². The molecular weight excluding hydrogens is 420 g/mol. The van der Waals surface area contributed by atoms with E-state index < -0.39 is 11.9 Å². The van der Waals surface area contributed by atoms with Crippen molar-refractivity contribution in [3.05, 3.63) is 95.1 Å². The van der Waals surface area contributed by atoms with E-state index in [4.69, 9.17) is 14.6 Å². The molecule has 0 aromatic heterocycles. The van der Waals surface area contributed by atoms with Gasteiger partial charge in [-0.15, -0.1) is 0 Å². The average Bonchev–Trinajstić information content (AvgIpc) is 2.83. The van der Waals surface area contributed by atoms with Crippen LogP contribution in [0, 0.1) is 11.3 Å². The molecule has 2 N–H and O–H groups in total. The smallest absolute Gasteiger partial charge is 0.335 e. The lowest BCUT2D eigenvalue weighted by atomic mass is 10.1. The first-order valence-corrected chi connectivity index (χ1v) is 10.2. The number of anilines is 1. The molecule has 3 aromatic carbocycles. The van der Waals surface area contributed by atoms with Crippen molar-refractivity contribution in [2.45, 2.75) is 13.5 Å². The van der Waals surface area contributed by atoms with E-state index in [1.165, 1.54) is 18.2 Å². The molecule has 0 saturated heterocycles. The zero-order valence-electron chi connectivity index (χ0n) is 17.9. The molecule has 0 bridgehead atoms. The van der Waals surface area contributed by atoms with Gasteiger partial charge in [-0.05, 0) is 72.7 Å². The summed E-state index contributed by atoms with van der Waals surface area (Å²) in [5.41, 5.74) is 2.25. The number of hydrogen-bond donors (Lipinski definition) is 2. The topological polar surface area (TPSA) is 109 Å². The summed E-state index contributed by atoms with van der Waals surface area (Å²) in [7, 11) is 0. The Morgan fingerprint density at radius 2 is 1.55 bits per heavy atom. The van der Waals surface area contributed by atoms with Crippen LogP contribution in [0.4, 0.5) is 5.69 Å². The third kappa shape index (κ3) is 6.71. The predicted octanol–water partition coefficient (Wildman–Crippen LogP) is 4.91. The van der Waals surface area contributed by atoms with E-state index in [0.29, 0.717) is 29.4 Å². The number of ether oxygens (including phenoxy) is 2. The van der Waals surface area contributed by atoms with Gasteiger partial charge in [0.1, 0.15) is 29.7 Å². The number of amides is 1. The molecule has 166 valence electrons. The molecule has 0 atom stereocenters. The molecule has 0 spiro atoms. The minimum Gasteiger partial charge on any atom is -0.494 e. The Bertz CT molecular complexity index is 1180. The van der Waals surface area contributed by atoms with E-state index in [2.05, 4.69) is 5.32 Å². The van der Waals surface area contributed by atoms with Crippen molar-refractivity contribution in [1.29, 1.82) is 5.26 Å². The van der Waals surface area contributed by atoms with Crippen molar-refractivity contribution in [2.24, 2.45) is 0 Å². The van der Waals surface area contributed by atoms with Crippen LogP contribution in [0.2, 0.25) is 0 Å².